The fourth-order valence-corrected chi connectivity index (χ4v) is 2.11. The Hall–Kier alpha value is -3.56. The van der Waals surface area contributed by atoms with Gasteiger partial charge in [0.25, 0.3) is 11.3 Å². The van der Waals surface area contributed by atoms with Gasteiger partial charge in [0.1, 0.15) is 11.5 Å². The topological polar surface area (TPSA) is 167 Å². The number of phenols is 1. The number of amides is 1. The Bertz CT molecular complexity index is 1070. The van der Waals surface area contributed by atoms with E-state index in [1.165, 1.54) is 31.4 Å². The van der Waals surface area contributed by atoms with Crippen LogP contribution in [0.2, 0.25) is 0 Å². The second-order valence-corrected chi connectivity index (χ2v) is 4.92. The van der Waals surface area contributed by atoms with Crippen molar-refractivity contribution in [2.75, 3.05) is 7.11 Å². The molecular weight excluding hydrogens is 344 g/mol. The quantitative estimate of drug-likeness (QED) is 0.227. The third kappa shape index (κ3) is 4.09. The number of ether oxygens (including phenoxy) is 1. The number of nitrogens with two attached hydrogens (primary N) is 1. The van der Waals surface area contributed by atoms with Crippen molar-refractivity contribution < 1.29 is 20.1 Å². The molecule has 9 heteroatoms. The molecule has 136 valence electrons. The monoisotopic (exact) mass is 360 g/mol. The number of rotatable bonds is 2. The number of aromatic hydroxyl groups is 1. The molecule has 3 rings (SSSR count). The summed E-state index contributed by atoms with van der Waals surface area (Å²) in [5.74, 6) is 4.96. The summed E-state index contributed by atoms with van der Waals surface area (Å²) in [7, 11) is 1.45. The molecule has 0 saturated heterocycles. The third-order valence-electron chi connectivity index (χ3n) is 3.37. The maximum absolute atomic E-state index is 11.2. The van der Waals surface area contributed by atoms with Gasteiger partial charge in [-0.15, -0.1) is 0 Å². The van der Waals surface area contributed by atoms with Crippen molar-refractivity contribution in [2.24, 2.45) is 5.84 Å². The average molecular weight is 360 g/mol. The van der Waals surface area contributed by atoms with Gasteiger partial charge in [-0.2, -0.15) is 0 Å². The van der Waals surface area contributed by atoms with E-state index >= 15 is 0 Å². The minimum absolute atomic E-state index is 0. The Morgan fingerprint density at radius 3 is 2.23 bits per heavy atom. The van der Waals surface area contributed by atoms with Crippen molar-refractivity contribution in [3.63, 3.8) is 0 Å². The van der Waals surface area contributed by atoms with E-state index in [1.54, 1.807) is 18.2 Å². The fraction of sp³-hybridized carbons (Fsp3) is 0.0588. The first-order valence-corrected chi connectivity index (χ1v) is 7.00. The van der Waals surface area contributed by atoms with Crippen LogP contribution in [0.4, 0.5) is 0 Å². The number of benzene rings is 2. The van der Waals surface area contributed by atoms with E-state index < -0.39 is 22.2 Å². The predicted octanol–water partition coefficient (Wildman–Crippen LogP) is -1.02. The first kappa shape index (κ1) is 20.5. The molecule has 0 atom stereocenters. The molecule has 0 unspecified atom stereocenters. The van der Waals surface area contributed by atoms with Gasteiger partial charge >= 0.3 is 0 Å². The lowest BCUT2D eigenvalue weighted by atomic mass is 10.2. The van der Waals surface area contributed by atoms with Crippen LogP contribution in [0.25, 0.3) is 10.8 Å². The normalized spacial score (nSPS) is 9.62. The highest BCUT2D eigenvalue weighted by Gasteiger charge is 2.12. The number of carbonyl (C=O) groups excluding carboxylic acids is 1. The van der Waals surface area contributed by atoms with Gasteiger partial charge < -0.3 is 15.3 Å². The predicted molar refractivity (Wildman–Crippen MR) is 95.1 cm³/mol. The van der Waals surface area contributed by atoms with Gasteiger partial charge in [-0.05, 0) is 36.4 Å². The smallest absolute Gasteiger partial charge is 0.273 e. The molecule has 0 saturated carbocycles. The zero-order valence-electron chi connectivity index (χ0n) is 13.6. The highest BCUT2D eigenvalue weighted by atomic mass is 16.5. The lowest BCUT2D eigenvalue weighted by Crippen LogP contribution is -2.29. The first-order valence-electron chi connectivity index (χ1n) is 7.00. The molecule has 0 heterocycles. The van der Waals surface area contributed by atoms with Gasteiger partial charge in [0.2, 0.25) is 10.9 Å². The Morgan fingerprint density at radius 1 is 1.00 bits per heavy atom. The summed E-state index contributed by atoms with van der Waals surface area (Å²) in [4.78, 5) is 44.3. The number of hydrogen-bond donors (Lipinski definition) is 3. The summed E-state index contributed by atoms with van der Waals surface area (Å²) in [5.41, 5.74) is -0.141. The van der Waals surface area contributed by atoms with Crippen LogP contribution in [0.1, 0.15) is 10.4 Å². The maximum atomic E-state index is 11.2. The molecule has 0 aromatic heterocycles. The number of methoxy groups -OCH3 is 1. The van der Waals surface area contributed by atoms with Gasteiger partial charge in [-0.1, -0.05) is 6.07 Å². The van der Waals surface area contributed by atoms with Crippen LogP contribution in [0, 0.1) is 0 Å². The molecule has 3 aromatic carbocycles. The lowest BCUT2D eigenvalue weighted by molar-refractivity contribution is 0.0953. The number of nitrogen functional groups attached to an aromatic ring is 1. The van der Waals surface area contributed by atoms with Gasteiger partial charge in [0.05, 0.1) is 7.11 Å². The van der Waals surface area contributed by atoms with Crippen LogP contribution in [0.5, 0.6) is 11.5 Å². The first-order chi connectivity index (χ1) is 11.9. The molecule has 0 spiro atoms. The van der Waals surface area contributed by atoms with Crippen molar-refractivity contribution in [1.29, 1.82) is 0 Å². The Labute approximate surface area is 146 Å². The molecule has 3 aromatic rings. The molecule has 0 bridgehead atoms. The zero-order chi connectivity index (χ0) is 18.6. The van der Waals surface area contributed by atoms with E-state index in [0.717, 1.165) is 0 Å². The summed E-state index contributed by atoms with van der Waals surface area (Å²) in [6.45, 7) is 0. The standard InChI is InChI=1S/C10H6O4.C7H8N2O2.H2O/c1-14-5-2-3-6-7(4-5)9(12)10(13)8(6)11;8-9-7(11)5-2-1-3-6(10)4-5;/h2-4H,1H3;1-4,10H,8H2,(H,9,11);1H2. The second-order valence-electron chi connectivity index (χ2n) is 4.92. The van der Waals surface area contributed by atoms with Crippen molar-refractivity contribution in [1.82, 2.24) is 5.43 Å². The van der Waals surface area contributed by atoms with Gasteiger partial charge in [0, 0.05) is 16.3 Å². The number of hydrogen-bond acceptors (Lipinski definition) is 7. The van der Waals surface area contributed by atoms with Crippen molar-refractivity contribution in [3.05, 3.63) is 78.7 Å². The largest absolute Gasteiger partial charge is 0.508 e. The SMILES string of the molecule is COc1ccc2c(=O)c(=O)c(=O)c2c1.NNC(=O)c1cccc(O)c1.O. The second kappa shape index (κ2) is 8.51. The number of hydrazine groups is 1. The highest BCUT2D eigenvalue weighted by molar-refractivity contribution is 5.94. The summed E-state index contributed by atoms with van der Waals surface area (Å²) < 4.78 is 4.88. The molecular formula is C17H16N2O7. The molecule has 1 amide bonds. The van der Waals surface area contributed by atoms with Crippen LogP contribution >= 0.6 is 0 Å². The molecule has 0 fully saturated rings. The summed E-state index contributed by atoms with van der Waals surface area (Å²) in [6.07, 6.45) is 0. The van der Waals surface area contributed by atoms with Gasteiger partial charge in [-0.25, -0.2) is 5.84 Å². The molecule has 9 nitrogen and oxygen atoms in total. The zero-order valence-corrected chi connectivity index (χ0v) is 13.6. The molecule has 0 radical (unpaired) electrons. The molecule has 0 aliphatic carbocycles. The molecule has 6 N–H and O–H groups in total. The van der Waals surface area contributed by atoms with Crippen LogP contribution in [0.3, 0.4) is 0 Å². The number of fused-ring (bicyclic) bond motifs is 1. The molecule has 26 heavy (non-hydrogen) atoms. The molecule has 0 aliphatic rings. The van der Waals surface area contributed by atoms with Crippen LogP contribution in [-0.4, -0.2) is 23.6 Å². The Morgan fingerprint density at radius 2 is 1.65 bits per heavy atom. The van der Waals surface area contributed by atoms with Crippen LogP contribution < -0.4 is 32.3 Å². The van der Waals surface area contributed by atoms with E-state index in [0.29, 0.717) is 11.3 Å². The molecule has 0 aliphatic heterocycles. The number of phenolic OH excluding ortho intramolecular Hbond substituents is 1. The summed E-state index contributed by atoms with van der Waals surface area (Å²) >= 11 is 0. The Kier molecular flexibility index (Phi) is 6.71. The lowest BCUT2D eigenvalue weighted by Gasteiger charge is -1.98. The van der Waals surface area contributed by atoms with E-state index in [1.807, 2.05) is 5.43 Å². The third-order valence-corrected chi connectivity index (χ3v) is 3.37. The van der Waals surface area contributed by atoms with Gasteiger partial charge in [-0.3, -0.25) is 24.6 Å². The minimum atomic E-state index is -0.965. The number of nitrogens with one attached hydrogen (secondary N) is 1. The Balaban J connectivity index is 0.000000258. The van der Waals surface area contributed by atoms with Crippen LogP contribution in [0.15, 0.2) is 56.8 Å². The van der Waals surface area contributed by atoms with E-state index in [2.05, 4.69) is 0 Å². The van der Waals surface area contributed by atoms with E-state index in [4.69, 9.17) is 15.7 Å². The summed E-state index contributed by atoms with van der Waals surface area (Å²) in [6, 6.07) is 10.3. The maximum Gasteiger partial charge on any atom is 0.273 e. The van der Waals surface area contributed by atoms with E-state index in [-0.39, 0.29) is 22.0 Å². The fourth-order valence-electron chi connectivity index (χ4n) is 2.11. The average Bonchev–Trinajstić information content (AvgIpc) is 2.85. The van der Waals surface area contributed by atoms with Crippen molar-refractivity contribution >= 4 is 16.7 Å². The van der Waals surface area contributed by atoms with E-state index in [9.17, 15) is 19.2 Å². The number of carbonyl (C=O) groups is 1. The van der Waals surface area contributed by atoms with Crippen molar-refractivity contribution in [3.8, 4) is 11.5 Å². The van der Waals surface area contributed by atoms with Crippen molar-refractivity contribution in [2.45, 2.75) is 0 Å². The summed E-state index contributed by atoms with van der Waals surface area (Å²) in [5, 5.41) is 9.24. The van der Waals surface area contributed by atoms with Gasteiger partial charge in [0.15, 0.2) is 0 Å². The highest BCUT2D eigenvalue weighted by Crippen LogP contribution is 2.14. The van der Waals surface area contributed by atoms with Crippen LogP contribution in [-0.2, 0) is 0 Å². The minimum Gasteiger partial charge on any atom is -0.508 e.